The maximum Gasteiger partial charge on any atom is 0.259 e. The minimum Gasteiger partial charge on any atom is -0.496 e. The molecule has 2 aromatic carbocycles. The summed E-state index contributed by atoms with van der Waals surface area (Å²) in [6.07, 6.45) is 0. The van der Waals surface area contributed by atoms with Gasteiger partial charge in [-0.2, -0.15) is 0 Å². The molecule has 1 N–H and O–H groups in total. The number of carbonyl (C=O) groups is 1. The molecule has 0 spiro atoms. The lowest BCUT2D eigenvalue weighted by Gasteiger charge is -2.13. The first kappa shape index (κ1) is 16.5. The number of aromatic nitrogens is 1. The maximum absolute atomic E-state index is 12.8. The third kappa shape index (κ3) is 3.12. The van der Waals surface area contributed by atoms with Crippen LogP contribution in [-0.4, -0.2) is 18.0 Å². The molecule has 1 aromatic heterocycles. The van der Waals surface area contributed by atoms with Crippen molar-refractivity contribution >= 4 is 38.4 Å². The van der Waals surface area contributed by atoms with E-state index in [0.29, 0.717) is 11.3 Å². The number of nitrogens with one attached hydrogen (secondary N) is 1. The van der Waals surface area contributed by atoms with E-state index in [1.807, 2.05) is 50.2 Å². The van der Waals surface area contributed by atoms with Gasteiger partial charge in [-0.05, 0) is 55.8 Å². The Balaban J connectivity index is 2.02. The third-order valence-corrected chi connectivity index (χ3v) is 4.27. The molecule has 24 heavy (non-hydrogen) atoms. The van der Waals surface area contributed by atoms with Crippen molar-refractivity contribution < 1.29 is 9.53 Å². The average molecular weight is 385 g/mol. The lowest BCUT2D eigenvalue weighted by atomic mass is 10.1. The van der Waals surface area contributed by atoms with Crippen LogP contribution in [-0.2, 0) is 0 Å². The Morgan fingerprint density at radius 1 is 1.17 bits per heavy atom. The van der Waals surface area contributed by atoms with Crippen LogP contribution in [0.25, 0.3) is 10.9 Å². The van der Waals surface area contributed by atoms with Gasteiger partial charge in [-0.3, -0.25) is 9.78 Å². The van der Waals surface area contributed by atoms with Gasteiger partial charge in [0.05, 0.1) is 23.9 Å². The fourth-order valence-electron chi connectivity index (χ4n) is 2.73. The molecule has 0 aliphatic rings. The first-order valence-corrected chi connectivity index (χ1v) is 8.31. The second-order valence-electron chi connectivity index (χ2n) is 5.58. The number of nitrogens with zero attached hydrogens (tertiary/aromatic N) is 1. The van der Waals surface area contributed by atoms with Crippen LogP contribution in [0.15, 0.2) is 46.9 Å². The summed E-state index contributed by atoms with van der Waals surface area (Å²) >= 11 is 3.43. The highest BCUT2D eigenvalue weighted by Crippen LogP contribution is 2.29. The number of carbonyl (C=O) groups excluding carboxylic acids is 1. The van der Waals surface area contributed by atoms with Crippen LogP contribution in [0.1, 0.15) is 21.6 Å². The van der Waals surface area contributed by atoms with E-state index in [1.165, 1.54) is 0 Å². The lowest BCUT2D eigenvalue weighted by molar-refractivity contribution is 0.102. The molecule has 0 atom stereocenters. The van der Waals surface area contributed by atoms with E-state index in [0.717, 1.165) is 32.3 Å². The molecule has 4 nitrogen and oxygen atoms in total. The van der Waals surface area contributed by atoms with E-state index in [9.17, 15) is 4.79 Å². The molecule has 0 unspecified atom stereocenters. The third-order valence-electron chi connectivity index (χ3n) is 3.81. The number of rotatable bonds is 3. The standard InChI is InChI=1S/C19H17BrN2O2/c1-11-9-13(20)10-15(18(11)24-3)19(23)22-17-6-4-5-16-14(17)8-7-12(2)21-16/h4-10H,1-3H3,(H,22,23). The van der Waals surface area contributed by atoms with E-state index in [2.05, 4.69) is 26.2 Å². The van der Waals surface area contributed by atoms with Gasteiger partial charge in [-0.15, -0.1) is 0 Å². The van der Waals surface area contributed by atoms with Crippen molar-refractivity contribution in [1.29, 1.82) is 0 Å². The first-order valence-electron chi connectivity index (χ1n) is 7.51. The van der Waals surface area contributed by atoms with Crippen molar-refractivity contribution in [1.82, 2.24) is 4.98 Å². The Bertz CT molecular complexity index is 938. The van der Waals surface area contributed by atoms with Crippen LogP contribution in [0.3, 0.4) is 0 Å². The lowest BCUT2D eigenvalue weighted by Crippen LogP contribution is -2.14. The molecule has 3 rings (SSSR count). The fourth-order valence-corrected chi connectivity index (χ4v) is 3.30. The Kier molecular flexibility index (Phi) is 4.53. The minimum atomic E-state index is -0.218. The number of pyridine rings is 1. The minimum absolute atomic E-state index is 0.218. The summed E-state index contributed by atoms with van der Waals surface area (Å²) in [5.41, 5.74) is 3.90. The number of methoxy groups -OCH3 is 1. The Hall–Kier alpha value is -2.40. The molecule has 0 aliphatic carbocycles. The predicted molar refractivity (Wildman–Crippen MR) is 99.9 cm³/mol. The number of anilines is 1. The number of amides is 1. The second kappa shape index (κ2) is 6.61. The van der Waals surface area contributed by atoms with Crippen LogP contribution < -0.4 is 10.1 Å². The molecule has 0 fully saturated rings. The summed E-state index contributed by atoms with van der Waals surface area (Å²) in [4.78, 5) is 17.3. The normalized spacial score (nSPS) is 10.7. The highest BCUT2D eigenvalue weighted by Gasteiger charge is 2.16. The molecule has 3 aromatic rings. The van der Waals surface area contributed by atoms with Gasteiger partial charge in [0.15, 0.2) is 0 Å². The maximum atomic E-state index is 12.8. The number of halogens is 1. The van der Waals surface area contributed by atoms with Gasteiger partial charge < -0.3 is 10.1 Å². The average Bonchev–Trinajstić information content (AvgIpc) is 2.54. The van der Waals surface area contributed by atoms with Crippen molar-refractivity contribution in [2.45, 2.75) is 13.8 Å². The molecular formula is C19H17BrN2O2. The number of aryl methyl sites for hydroxylation is 2. The molecule has 0 saturated heterocycles. The second-order valence-corrected chi connectivity index (χ2v) is 6.50. The molecule has 0 aliphatic heterocycles. The number of hydrogen-bond donors (Lipinski definition) is 1. The molecule has 1 heterocycles. The summed E-state index contributed by atoms with van der Waals surface area (Å²) in [5.74, 6) is 0.356. The van der Waals surface area contributed by atoms with Gasteiger partial charge >= 0.3 is 0 Å². The van der Waals surface area contributed by atoms with E-state index >= 15 is 0 Å². The van der Waals surface area contributed by atoms with Gasteiger partial charge in [0.25, 0.3) is 5.91 Å². The molecule has 0 saturated carbocycles. The molecule has 5 heteroatoms. The van der Waals surface area contributed by atoms with Crippen molar-refractivity contribution in [3.05, 3.63) is 63.8 Å². The van der Waals surface area contributed by atoms with Gasteiger partial charge in [0.1, 0.15) is 5.75 Å². The molecule has 0 bridgehead atoms. The Morgan fingerprint density at radius 3 is 2.71 bits per heavy atom. The number of hydrogen-bond acceptors (Lipinski definition) is 3. The van der Waals surface area contributed by atoms with Crippen molar-refractivity contribution in [3.8, 4) is 5.75 Å². The van der Waals surface area contributed by atoms with Crippen molar-refractivity contribution in [2.24, 2.45) is 0 Å². The van der Waals surface area contributed by atoms with Crippen LogP contribution in [0.2, 0.25) is 0 Å². The quantitative estimate of drug-likeness (QED) is 0.700. The van der Waals surface area contributed by atoms with Crippen LogP contribution >= 0.6 is 15.9 Å². The summed E-state index contributed by atoms with van der Waals surface area (Å²) in [7, 11) is 1.57. The summed E-state index contributed by atoms with van der Waals surface area (Å²) in [6, 6.07) is 13.3. The zero-order valence-corrected chi connectivity index (χ0v) is 15.3. The zero-order chi connectivity index (χ0) is 17.3. The summed E-state index contributed by atoms with van der Waals surface area (Å²) in [6.45, 7) is 3.85. The Morgan fingerprint density at radius 2 is 1.96 bits per heavy atom. The van der Waals surface area contributed by atoms with Crippen LogP contribution in [0, 0.1) is 13.8 Å². The Labute approximate surface area is 149 Å². The highest BCUT2D eigenvalue weighted by atomic mass is 79.9. The van der Waals surface area contributed by atoms with Crippen LogP contribution in [0.5, 0.6) is 5.75 Å². The van der Waals surface area contributed by atoms with Gasteiger partial charge in [-0.25, -0.2) is 0 Å². The largest absolute Gasteiger partial charge is 0.496 e. The number of ether oxygens (including phenoxy) is 1. The molecule has 122 valence electrons. The van der Waals surface area contributed by atoms with Crippen molar-refractivity contribution in [3.63, 3.8) is 0 Å². The van der Waals surface area contributed by atoms with E-state index in [4.69, 9.17) is 4.74 Å². The number of fused-ring (bicyclic) bond motifs is 1. The first-order chi connectivity index (χ1) is 11.5. The van der Waals surface area contributed by atoms with Gasteiger partial charge in [-0.1, -0.05) is 22.0 Å². The topological polar surface area (TPSA) is 51.2 Å². The van der Waals surface area contributed by atoms with E-state index in [1.54, 1.807) is 13.2 Å². The predicted octanol–water partition coefficient (Wildman–Crippen LogP) is 4.88. The van der Waals surface area contributed by atoms with E-state index in [-0.39, 0.29) is 5.91 Å². The van der Waals surface area contributed by atoms with Crippen molar-refractivity contribution in [2.75, 3.05) is 12.4 Å². The monoisotopic (exact) mass is 384 g/mol. The SMILES string of the molecule is COc1c(C)cc(Br)cc1C(=O)Nc1cccc2nc(C)ccc12. The smallest absolute Gasteiger partial charge is 0.259 e. The summed E-state index contributed by atoms with van der Waals surface area (Å²) < 4.78 is 6.23. The molecule has 0 radical (unpaired) electrons. The zero-order valence-electron chi connectivity index (χ0n) is 13.7. The molecular weight excluding hydrogens is 368 g/mol. The summed E-state index contributed by atoms with van der Waals surface area (Å²) in [5, 5.41) is 3.87. The fraction of sp³-hybridized carbons (Fsp3) is 0.158. The highest BCUT2D eigenvalue weighted by molar-refractivity contribution is 9.10. The molecule has 1 amide bonds. The number of benzene rings is 2. The van der Waals surface area contributed by atoms with Gasteiger partial charge in [0.2, 0.25) is 0 Å². The van der Waals surface area contributed by atoms with Crippen LogP contribution in [0.4, 0.5) is 5.69 Å². The van der Waals surface area contributed by atoms with E-state index < -0.39 is 0 Å². The van der Waals surface area contributed by atoms with Gasteiger partial charge in [0, 0.05) is 15.6 Å².